The summed E-state index contributed by atoms with van der Waals surface area (Å²) in [4.78, 5) is 26.1. The number of hydrazone groups is 1. The zero-order valence-electron chi connectivity index (χ0n) is 16.7. The Bertz CT molecular complexity index is 1190. The van der Waals surface area contributed by atoms with Crippen LogP contribution in [0.5, 0.6) is 5.75 Å². The summed E-state index contributed by atoms with van der Waals surface area (Å²) in [5.74, 6) is -1.35. The van der Waals surface area contributed by atoms with Crippen molar-refractivity contribution in [3.8, 4) is 22.3 Å². The van der Waals surface area contributed by atoms with E-state index in [1.807, 2.05) is 30.3 Å². The number of nitrogens with zero attached hydrogens (tertiary/aromatic N) is 2. The van der Waals surface area contributed by atoms with Gasteiger partial charge in [0.15, 0.2) is 5.78 Å². The number of amides is 1. The second-order valence-corrected chi connectivity index (χ2v) is 9.47. The van der Waals surface area contributed by atoms with E-state index in [9.17, 15) is 14.7 Å². The number of nitrogens with one attached hydrogen (secondary N) is 1. The Hall–Kier alpha value is -2.80. The highest BCUT2D eigenvalue weighted by Crippen LogP contribution is 2.39. The van der Waals surface area contributed by atoms with Crippen LogP contribution in [0.2, 0.25) is 0 Å². The SMILES string of the molecule is CCC(C#N)C(=O)c1ccc(C(=O)NN=C(C)c2csc(-c3ccc(Br)cc3)c2O)s1. The van der Waals surface area contributed by atoms with E-state index in [2.05, 4.69) is 26.5 Å². The zero-order valence-corrected chi connectivity index (χ0v) is 19.9. The molecule has 1 aromatic carbocycles. The number of hydrogen-bond acceptors (Lipinski definition) is 7. The number of nitriles is 1. The fraction of sp³-hybridized carbons (Fsp3) is 0.182. The number of ketones is 1. The van der Waals surface area contributed by atoms with Crippen LogP contribution in [0, 0.1) is 17.2 Å². The van der Waals surface area contributed by atoms with E-state index in [-0.39, 0.29) is 11.5 Å². The van der Waals surface area contributed by atoms with Gasteiger partial charge in [0.25, 0.3) is 5.91 Å². The van der Waals surface area contributed by atoms with Gasteiger partial charge in [0, 0.05) is 9.85 Å². The molecular formula is C22H18BrN3O3S2. The van der Waals surface area contributed by atoms with E-state index in [4.69, 9.17) is 5.26 Å². The van der Waals surface area contributed by atoms with Crippen molar-refractivity contribution in [3.05, 3.63) is 61.6 Å². The van der Waals surface area contributed by atoms with Crippen molar-refractivity contribution in [2.75, 3.05) is 0 Å². The third kappa shape index (κ3) is 5.10. The van der Waals surface area contributed by atoms with Crippen molar-refractivity contribution in [1.82, 2.24) is 5.43 Å². The van der Waals surface area contributed by atoms with Gasteiger partial charge in [-0.3, -0.25) is 9.59 Å². The quantitative estimate of drug-likeness (QED) is 0.234. The molecule has 31 heavy (non-hydrogen) atoms. The third-order valence-corrected chi connectivity index (χ3v) is 7.18. The third-order valence-electron chi connectivity index (χ3n) is 4.54. The highest BCUT2D eigenvalue weighted by atomic mass is 79.9. The molecule has 0 saturated carbocycles. The normalized spacial score (nSPS) is 12.3. The first-order valence-corrected chi connectivity index (χ1v) is 11.8. The lowest BCUT2D eigenvalue weighted by Gasteiger charge is -2.03. The van der Waals surface area contributed by atoms with E-state index < -0.39 is 11.8 Å². The van der Waals surface area contributed by atoms with Crippen LogP contribution in [-0.4, -0.2) is 22.5 Å². The van der Waals surface area contributed by atoms with Gasteiger partial charge in [0.05, 0.1) is 32.0 Å². The highest BCUT2D eigenvalue weighted by molar-refractivity contribution is 9.10. The zero-order chi connectivity index (χ0) is 22.5. The monoisotopic (exact) mass is 515 g/mol. The van der Waals surface area contributed by atoms with Crippen molar-refractivity contribution in [2.45, 2.75) is 20.3 Å². The van der Waals surface area contributed by atoms with Crippen molar-refractivity contribution < 1.29 is 14.7 Å². The molecule has 0 fully saturated rings. The van der Waals surface area contributed by atoms with Crippen molar-refractivity contribution >= 4 is 56.0 Å². The molecule has 9 heteroatoms. The molecule has 0 aliphatic carbocycles. The average molecular weight is 516 g/mol. The summed E-state index contributed by atoms with van der Waals surface area (Å²) >= 11 is 5.81. The Balaban J connectivity index is 1.73. The fourth-order valence-corrected chi connectivity index (χ4v) is 4.93. The smallest absolute Gasteiger partial charge is 0.281 e. The molecule has 3 rings (SSSR count). The number of Topliss-reactive ketones (excluding diaryl/α,β-unsaturated/α-hetero) is 1. The first kappa shape index (κ1) is 22.9. The van der Waals surface area contributed by atoms with Crippen molar-refractivity contribution in [1.29, 1.82) is 5.26 Å². The first-order valence-electron chi connectivity index (χ1n) is 9.30. The minimum atomic E-state index is -0.712. The molecule has 1 unspecified atom stereocenters. The van der Waals surface area contributed by atoms with Crippen molar-refractivity contribution in [3.63, 3.8) is 0 Å². The van der Waals surface area contributed by atoms with Gasteiger partial charge in [-0.25, -0.2) is 5.43 Å². The van der Waals surface area contributed by atoms with Crippen LogP contribution in [0.3, 0.4) is 0 Å². The van der Waals surface area contributed by atoms with Crippen LogP contribution in [0.25, 0.3) is 10.4 Å². The van der Waals surface area contributed by atoms with Gasteiger partial charge < -0.3 is 5.11 Å². The molecule has 3 aromatic rings. The van der Waals surface area contributed by atoms with Crippen LogP contribution in [0.4, 0.5) is 0 Å². The molecule has 1 amide bonds. The van der Waals surface area contributed by atoms with E-state index in [0.717, 1.165) is 21.4 Å². The number of aromatic hydroxyl groups is 1. The molecule has 0 saturated heterocycles. The van der Waals surface area contributed by atoms with E-state index >= 15 is 0 Å². The molecule has 0 aliphatic heterocycles. The summed E-state index contributed by atoms with van der Waals surface area (Å²) in [6, 6.07) is 12.7. The van der Waals surface area contributed by atoms with Gasteiger partial charge >= 0.3 is 0 Å². The Kier molecular flexibility index (Phi) is 7.38. The maximum atomic E-state index is 12.4. The fourth-order valence-electron chi connectivity index (χ4n) is 2.76. The number of hydrogen-bond donors (Lipinski definition) is 2. The molecule has 2 aromatic heterocycles. The molecule has 2 N–H and O–H groups in total. The maximum Gasteiger partial charge on any atom is 0.281 e. The predicted octanol–water partition coefficient (Wildman–Crippen LogP) is 5.83. The van der Waals surface area contributed by atoms with Gasteiger partial charge in [0.2, 0.25) is 0 Å². The molecule has 0 radical (unpaired) electrons. The second-order valence-electron chi connectivity index (χ2n) is 6.59. The Morgan fingerprint density at radius 1 is 1.23 bits per heavy atom. The summed E-state index contributed by atoms with van der Waals surface area (Å²) in [6.45, 7) is 3.46. The summed E-state index contributed by atoms with van der Waals surface area (Å²) < 4.78 is 0.948. The number of halogens is 1. The second kappa shape index (κ2) is 10.0. The Morgan fingerprint density at radius 2 is 1.90 bits per heavy atom. The van der Waals surface area contributed by atoms with E-state index in [1.165, 1.54) is 17.4 Å². The van der Waals surface area contributed by atoms with Gasteiger partial charge in [-0.05, 0) is 43.2 Å². The first-order chi connectivity index (χ1) is 14.8. The largest absolute Gasteiger partial charge is 0.506 e. The molecule has 0 spiro atoms. The molecule has 2 heterocycles. The van der Waals surface area contributed by atoms with Crippen molar-refractivity contribution in [2.24, 2.45) is 11.0 Å². The van der Waals surface area contributed by atoms with Gasteiger partial charge in [0.1, 0.15) is 11.7 Å². The maximum absolute atomic E-state index is 12.4. The lowest BCUT2D eigenvalue weighted by Crippen LogP contribution is -2.18. The van der Waals surface area contributed by atoms with E-state index in [0.29, 0.717) is 32.3 Å². The number of carbonyl (C=O) groups excluding carboxylic acids is 2. The van der Waals surface area contributed by atoms with Crippen LogP contribution in [-0.2, 0) is 0 Å². The average Bonchev–Trinajstić information content (AvgIpc) is 3.40. The minimum Gasteiger partial charge on any atom is -0.506 e. The molecule has 0 bridgehead atoms. The Labute approximate surface area is 196 Å². The number of carbonyl (C=O) groups is 2. The van der Waals surface area contributed by atoms with Gasteiger partial charge in [-0.1, -0.05) is 35.0 Å². The molecule has 1 atom stereocenters. The van der Waals surface area contributed by atoms with E-state index in [1.54, 1.807) is 25.3 Å². The predicted molar refractivity (Wildman–Crippen MR) is 127 cm³/mol. The molecule has 6 nitrogen and oxygen atoms in total. The highest BCUT2D eigenvalue weighted by Gasteiger charge is 2.21. The van der Waals surface area contributed by atoms with Crippen LogP contribution < -0.4 is 5.43 Å². The van der Waals surface area contributed by atoms with Crippen LogP contribution in [0.15, 0.2) is 51.4 Å². The summed E-state index contributed by atoms with van der Waals surface area (Å²) in [6.07, 6.45) is 0.421. The lowest BCUT2D eigenvalue weighted by atomic mass is 10.0. The number of benzene rings is 1. The molecule has 158 valence electrons. The van der Waals surface area contributed by atoms with Crippen LogP contribution in [0.1, 0.15) is 45.2 Å². The van der Waals surface area contributed by atoms with Gasteiger partial charge in [-0.2, -0.15) is 10.4 Å². The summed E-state index contributed by atoms with van der Waals surface area (Å²) in [7, 11) is 0. The van der Waals surface area contributed by atoms with Gasteiger partial charge in [-0.15, -0.1) is 22.7 Å². The number of rotatable bonds is 7. The van der Waals surface area contributed by atoms with Crippen LogP contribution >= 0.6 is 38.6 Å². The number of thiophene rings is 2. The topological polar surface area (TPSA) is 103 Å². The Morgan fingerprint density at radius 3 is 2.55 bits per heavy atom. The summed E-state index contributed by atoms with van der Waals surface area (Å²) in [5, 5.41) is 25.5. The summed E-state index contributed by atoms with van der Waals surface area (Å²) in [5.41, 5.74) is 4.33. The standard InChI is InChI=1S/C22H18BrN3O3S2/c1-3-13(10-24)19(27)17-8-9-18(31-17)22(29)26-25-12(2)16-11-30-21(20(16)28)14-4-6-15(23)7-5-14/h4-9,11,13,28H,3H2,1-2H3,(H,26,29). The lowest BCUT2D eigenvalue weighted by molar-refractivity contribution is 0.0947. The minimum absolute atomic E-state index is 0.105. The molecule has 0 aliphatic rings. The molecular weight excluding hydrogens is 498 g/mol.